The van der Waals surface area contributed by atoms with Gasteiger partial charge in [0.25, 0.3) is 0 Å². The molecule has 0 radical (unpaired) electrons. The lowest BCUT2D eigenvalue weighted by atomic mass is 10.1. The molecule has 2 aromatic rings. The SMILES string of the molecule is CCCC(C=CC(=O)Nc1ccc(OC)cc1)NC(=O)C(N)CCc1cccs1. The average Bonchev–Trinajstić information content (AvgIpc) is 3.24. The van der Waals surface area contributed by atoms with Gasteiger partial charge >= 0.3 is 0 Å². The van der Waals surface area contributed by atoms with Crippen LogP contribution in [0.15, 0.2) is 53.9 Å². The summed E-state index contributed by atoms with van der Waals surface area (Å²) in [4.78, 5) is 25.8. The number of aryl methyl sites for hydroxylation is 1. The van der Waals surface area contributed by atoms with Crippen LogP contribution in [0.3, 0.4) is 0 Å². The molecule has 0 aliphatic heterocycles. The third-order valence-corrected chi connectivity index (χ3v) is 5.32. The molecule has 1 heterocycles. The predicted octanol–water partition coefficient (Wildman–Crippen LogP) is 3.50. The molecule has 2 atom stereocenters. The van der Waals surface area contributed by atoms with Crippen molar-refractivity contribution in [3.05, 3.63) is 58.8 Å². The molecule has 0 spiro atoms. The molecular weight excluding hydrogens is 386 g/mol. The van der Waals surface area contributed by atoms with Gasteiger partial charge in [0.15, 0.2) is 0 Å². The summed E-state index contributed by atoms with van der Waals surface area (Å²) in [6.07, 6.45) is 6.14. The van der Waals surface area contributed by atoms with Gasteiger partial charge in [0.2, 0.25) is 11.8 Å². The topological polar surface area (TPSA) is 93.5 Å². The van der Waals surface area contributed by atoms with Crippen molar-refractivity contribution in [3.63, 3.8) is 0 Å². The summed E-state index contributed by atoms with van der Waals surface area (Å²) in [6.45, 7) is 2.03. The number of benzene rings is 1. The number of ether oxygens (including phenoxy) is 1. The first kappa shape index (κ1) is 22.6. The highest BCUT2D eigenvalue weighted by Crippen LogP contribution is 2.15. The van der Waals surface area contributed by atoms with Crippen molar-refractivity contribution < 1.29 is 14.3 Å². The molecule has 1 aromatic carbocycles. The first-order chi connectivity index (χ1) is 14.0. The third-order valence-electron chi connectivity index (χ3n) is 4.38. The van der Waals surface area contributed by atoms with Crippen molar-refractivity contribution in [1.82, 2.24) is 5.32 Å². The molecule has 4 N–H and O–H groups in total. The van der Waals surface area contributed by atoms with E-state index >= 15 is 0 Å². The minimum Gasteiger partial charge on any atom is -0.497 e. The van der Waals surface area contributed by atoms with Gasteiger partial charge in [-0.25, -0.2) is 0 Å². The Bertz CT molecular complexity index is 788. The first-order valence-corrected chi connectivity index (χ1v) is 10.6. The van der Waals surface area contributed by atoms with E-state index in [1.54, 1.807) is 48.8 Å². The monoisotopic (exact) mass is 415 g/mol. The maximum atomic E-state index is 12.4. The quantitative estimate of drug-likeness (QED) is 0.490. The number of thiophene rings is 1. The molecule has 1 aromatic heterocycles. The van der Waals surface area contributed by atoms with Gasteiger partial charge in [-0.3, -0.25) is 9.59 Å². The van der Waals surface area contributed by atoms with Crippen LogP contribution in [-0.4, -0.2) is 31.0 Å². The summed E-state index contributed by atoms with van der Waals surface area (Å²) in [5.74, 6) is 0.271. The van der Waals surface area contributed by atoms with E-state index in [4.69, 9.17) is 10.5 Å². The zero-order chi connectivity index (χ0) is 21.1. The fraction of sp³-hybridized carbons (Fsp3) is 0.364. The Hall–Kier alpha value is -2.64. The molecule has 0 aliphatic carbocycles. The van der Waals surface area contributed by atoms with Crippen molar-refractivity contribution in [2.24, 2.45) is 5.73 Å². The predicted molar refractivity (Wildman–Crippen MR) is 118 cm³/mol. The van der Waals surface area contributed by atoms with E-state index in [1.807, 2.05) is 24.4 Å². The molecule has 6 nitrogen and oxygen atoms in total. The van der Waals surface area contributed by atoms with Gasteiger partial charge in [0.1, 0.15) is 5.75 Å². The third kappa shape index (κ3) is 8.09. The van der Waals surface area contributed by atoms with Gasteiger partial charge in [-0.2, -0.15) is 0 Å². The number of amides is 2. The number of anilines is 1. The largest absolute Gasteiger partial charge is 0.497 e. The van der Waals surface area contributed by atoms with E-state index < -0.39 is 6.04 Å². The van der Waals surface area contributed by atoms with Crippen molar-refractivity contribution in [1.29, 1.82) is 0 Å². The van der Waals surface area contributed by atoms with Gasteiger partial charge in [-0.1, -0.05) is 25.5 Å². The summed E-state index contributed by atoms with van der Waals surface area (Å²) < 4.78 is 5.10. The standard InChI is InChI=1S/C22H29N3O3S/c1-3-5-16(25-22(27)20(23)13-12-19-6-4-15-29-19)9-14-21(26)24-17-7-10-18(28-2)11-8-17/h4,6-11,14-16,20H,3,5,12-13,23H2,1-2H3,(H,24,26)(H,25,27). The van der Waals surface area contributed by atoms with Gasteiger partial charge in [-0.15, -0.1) is 11.3 Å². The summed E-state index contributed by atoms with van der Waals surface area (Å²) >= 11 is 1.66. The molecule has 0 bridgehead atoms. The number of methoxy groups -OCH3 is 1. The van der Waals surface area contributed by atoms with Gasteiger partial charge < -0.3 is 21.1 Å². The van der Waals surface area contributed by atoms with Crippen LogP contribution in [0.5, 0.6) is 5.75 Å². The fourth-order valence-electron chi connectivity index (χ4n) is 2.76. The van der Waals surface area contributed by atoms with Crippen LogP contribution in [0, 0.1) is 0 Å². The summed E-state index contributed by atoms with van der Waals surface area (Å²) in [5, 5.41) is 7.74. The first-order valence-electron chi connectivity index (χ1n) is 9.73. The highest BCUT2D eigenvalue weighted by molar-refractivity contribution is 7.09. The van der Waals surface area contributed by atoms with Crippen molar-refractivity contribution >= 4 is 28.8 Å². The van der Waals surface area contributed by atoms with Crippen molar-refractivity contribution in [2.45, 2.75) is 44.7 Å². The lowest BCUT2D eigenvalue weighted by molar-refractivity contribution is -0.123. The van der Waals surface area contributed by atoms with E-state index in [2.05, 4.69) is 10.6 Å². The highest BCUT2D eigenvalue weighted by Gasteiger charge is 2.16. The van der Waals surface area contributed by atoms with E-state index in [-0.39, 0.29) is 17.9 Å². The minimum absolute atomic E-state index is 0.194. The summed E-state index contributed by atoms with van der Waals surface area (Å²) in [7, 11) is 1.59. The molecule has 2 rings (SSSR count). The van der Waals surface area contributed by atoms with Crippen molar-refractivity contribution in [3.8, 4) is 5.75 Å². The van der Waals surface area contributed by atoms with Crippen LogP contribution in [0.4, 0.5) is 5.69 Å². The molecule has 2 unspecified atom stereocenters. The number of nitrogens with two attached hydrogens (primary N) is 1. The Balaban J connectivity index is 1.84. The molecular formula is C22H29N3O3S. The van der Waals surface area contributed by atoms with E-state index in [0.717, 1.165) is 25.0 Å². The summed E-state index contributed by atoms with van der Waals surface area (Å²) in [6, 6.07) is 10.3. The second kappa shape index (κ2) is 12.0. The Morgan fingerprint density at radius 1 is 1.21 bits per heavy atom. The Morgan fingerprint density at radius 2 is 1.97 bits per heavy atom. The smallest absolute Gasteiger partial charge is 0.248 e. The van der Waals surface area contributed by atoms with Crippen LogP contribution in [0.2, 0.25) is 0 Å². The Labute approximate surface area is 176 Å². The molecule has 0 fully saturated rings. The Morgan fingerprint density at radius 3 is 2.59 bits per heavy atom. The maximum Gasteiger partial charge on any atom is 0.248 e. The Kier molecular flexibility index (Phi) is 9.40. The number of carbonyl (C=O) groups is 2. The van der Waals surface area contributed by atoms with E-state index in [0.29, 0.717) is 12.1 Å². The average molecular weight is 416 g/mol. The molecule has 29 heavy (non-hydrogen) atoms. The zero-order valence-electron chi connectivity index (χ0n) is 16.9. The molecule has 0 saturated carbocycles. The lowest BCUT2D eigenvalue weighted by Crippen LogP contribution is -2.45. The zero-order valence-corrected chi connectivity index (χ0v) is 17.7. The van der Waals surface area contributed by atoms with E-state index in [9.17, 15) is 9.59 Å². The second-order valence-corrected chi connectivity index (χ2v) is 7.74. The number of nitrogens with one attached hydrogen (secondary N) is 2. The van der Waals surface area contributed by atoms with Crippen LogP contribution < -0.4 is 21.1 Å². The van der Waals surface area contributed by atoms with Crippen LogP contribution in [-0.2, 0) is 16.0 Å². The highest BCUT2D eigenvalue weighted by atomic mass is 32.1. The molecule has 0 aliphatic rings. The summed E-state index contributed by atoms with van der Waals surface area (Å²) in [5.41, 5.74) is 6.71. The normalized spacial score (nSPS) is 13.1. The van der Waals surface area contributed by atoms with Gasteiger partial charge in [-0.05, 0) is 55.0 Å². The number of hydrogen-bond donors (Lipinski definition) is 3. The van der Waals surface area contributed by atoms with Gasteiger partial charge in [0, 0.05) is 22.7 Å². The molecule has 7 heteroatoms. The number of carbonyl (C=O) groups excluding carboxylic acids is 2. The molecule has 156 valence electrons. The van der Waals surface area contributed by atoms with Gasteiger partial charge in [0.05, 0.1) is 13.2 Å². The van der Waals surface area contributed by atoms with Crippen molar-refractivity contribution in [2.75, 3.05) is 12.4 Å². The molecule has 2 amide bonds. The van der Waals surface area contributed by atoms with E-state index in [1.165, 1.54) is 11.0 Å². The van der Waals surface area contributed by atoms with Crippen LogP contribution in [0.1, 0.15) is 31.1 Å². The number of rotatable bonds is 11. The number of hydrogen-bond acceptors (Lipinski definition) is 5. The minimum atomic E-state index is -0.571. The van der Waals surface area contributed by atoms with Crippen LogP contribution >= 0.6 is 11.3 Å². The lowest BCUT2D eigenvalue weighted by Gasteiger charge is -2.18. The maximum absolute atomic E-state index is 12.4. The molecule has 0 saturated heterocycles. The van der Waals surface area contributed by atoms with Crippen LogP contribution in [0.25, 0.3) is 0 Å². The second-order valence-electron chi connectivity index (χ2n) is 6.71. The fourth-order valence-corrected chi connectivity index (χ4v) is 3.49.